The minimum Gasteiger partial charge on any atom is -0.398 e. The third-order valence-electron chi connectivity index (χ3n) is 1.19. The van der Waals surface area contributed by atoms with Crippen molar-refractivity contribution in [3.05, 3.63) is 11.8 Å². The van der Waals surface area contributed by atoms with Crippen molar-refractivity contribution < 1.29 is 4.79 Å². The summed E-state index contributed by atoms with van der Waals surface area (Å²) in [5, 5.41) is 0. The molecule has 2 nitrogen and oxygen atoms in total. The molecule has 0 aromatic heterocycles. The zero-order valence-electron chi connectivity index (χ0n) is 6.77. The fourth-order valence-corrected chi connectivity index (χ4v) is 0.565. The van der Waals surface area contributed by atoms with Gasteiger partial charge in [0.25, 0.3) is 0 Å². The van der Waals surface area contributed by atoms with Crippen LogP contribution in [0.5, 0.6) is 0 Å². The van der Waals surface area contributed by atoms with E-state index in [9.17, 15) is 4.79 Å². The lowest BCUT2D eigenvalue weighted by Crippen LogP contribution is -2.18. The van der Waals surface area contributed by atoms with Gasteiger partial charge in [0, 0.05) is 12.0 Å². The van der Waals surface area contributed by atoms with Gasteiger partial charge in [0.2, 0.25) is 3.79 Å². The van der Waals surface area contributed by atoms with Gasteiger partial charge >= 0.3 is 0 Å². The molecule has 0 saturated carbocycles. The molecule has 0 spiro atoms. The second-order valence-electron chi connectivity index (χ2n) is 2.65. The Labute approximate surface area is 86.7 Å². The number of allylic oxidation sites excluding steroid dienone is 2. The number of halogens is 3. The topological polar surface area (TPSA) is 43.1 Å². The van der Waals surface area contributed by atoms with Crippen LogP contribution in [0.4, 0.5) is 0 Å². The lowest BCUT2D eigenvalue weighted by Gasteiger charge is -2.10. The van der Waals surface area contributed by atoms with Crippen molar-refractivity contribution in [3.8, 4) is 0 Å². The molecule has 0 aliphatic carbocycles. The lowest BCUT2D eigenvalue weighted by molar-refractivity contribution is -0.117. The van der Waals surface area contributed by atoms with Gasteiger partial charge in [0.05, 0.1) is 5.70 Å². The average molecular weight is 231 g/mol. The van der Waals surface area contributed by atoms with Crippen molar-refractivity contribution in [2.45, 2.75) is 17.6 Å². The molecule has 0 atom stereocenters. The number of carbonyl (C=O) groups is 1. The van der Waals surface area contributed by atoms with E-state index in [0.717, 1.165) is 6.08 Å². The Bertz CT molecular complexity index is 205. The van der Waals surface area contributed by atoms with E-state index in [2.05, 4.69) is 0 Å². The minimum atomic E-state index is -1.69. The number of hydrogen-bond donors (Lipinski definition) is 1. The second-order valence-corrected chi connectivity index (χ2v) is 4.94. The highest BCUT2D eigenvalue weighted by atomic mass is 35.6. The molecule has 0 bridgehead atoms. The van der Waals surface area contributed by atoms with Crippen molar-refractivity contribution in [1.82, 2.24) is 0 Å². The largest absolute Gasteiger partial charge is 0.398 e. The maximum absolute atomic E-state index is 11.1. The molecule has 0 radical (unpaired) electrons. The Kier molecular flexibility index (Phi) is 4.38. The summed E-state index contributed by atoms with van der Waals surface area (Å²) in [5.74, 6) is -0.297. The van der Waals surface area contributed by atoms with Gasteiger partial charge in [-0.05, 0) is 0 Å². The summed E-state index contributed by atoms with van der Waals surface area (Å²) in [5.41, 5.74) is 5.28. The van der Waals surface area contributed by atoms with Gasteiger partial charge in [0.15, 0.2) is 5.78 Å². The van der Waals surface area contributed by atoms with E-state index >= 15 is 0 Å². The van der Waals surface area contributed by atoms with Crippen molar-refractivity contribution in [1.29, 1.82) is 0 Å². The van der Waals surface area contributed by atoms with Gasteiger partial charge in [-0.25, -0.2) is 0 Å². The Hall–Kier alpha value is 0.0800. The summed E-state index contributed by atoms with van der Waals surface area (Å²) < 4.78 is -1.69. The van der Waals surface area contributed by atoms with E-state index in [1.165, 1.54) is 0 Å². The number of ketones is 1. The zero-order chi connectivity index (χ0) is 9.94. The molecule has 0 rings (SSSR count). The molecule has 0 amide bonds. The van der Waals surface area contributed by atoms with E-state index in [1.54, 1.807) is 13.8 Å². The highest BCUT2D eigenvalue weighted by molar-refractivity contribution is 6.69. The predicted molar refractivity (Wildman–Crippen MR) is 52.4 cm³/mol. The van der Waals surface area contributed by atoms with Gasteiger partial charge in [-0.2, -0.15) is 0 Å². The molecule has 0 fully saturated rings. The quantitative estimate of drug-likeness (QED) is 0.585. The van der Waals surface area contributed by atoms with Crippen LogP contribution in [0.3, 0.4) is 0 Å². The summed E-state index contributed by atoms with van der Waals surface area (Å²) >= 11 is 16.3. The first kappa shape index (κ1) is 12.1. The van der Waals surface area contributed by atoms with Gasteiger partial charge in [-0.1, -0.05) is 48.7 Å². The summed E-state index contributed by atoms with van der Waals surface area (Å²) in [6.45, 7) is 3.48. The molecular formula is C7H10Cl3NO. The molecule has 0 aliphatic rings. The molecule has 5 heteroatoms. The first-order valence-corrected chi connectivity index (χ1v) is 4.46. The summed E-state index contributed by atoms with van der Waals surface area (Å²) in [6.07, 6.45) is 1.15. The van der Waals surface area contributed by atoms with Crippen LogP contribution in [-0.4, -0.2) is 9.58 Å². The van der Waals surface area contributed by atoms with Crippen LogP contribution in [0.25, 0.3) is 0 Å². The van der Waals surface area contributed by atoms with Crippen molar-refractivity contribution in [2.24, 2.45) is 11.7 Å². The number of nitrogens with two attached hydrogens (primary N) is 1. The van der Waals surface area contributed by atoms with Crippen LogP contribution in [0.2, 0.25) is 0 Å². The lowest BCUT2D eigenvalue weighted by atomic mass is 10.1. The molecule has 12 heavy (non-hydrogen) atoms. The van der Waals surface area contributed by atoms with Crippen molar-refractivity contribution in [2.75, 3.05) is 0 Å². The van der Waals surface area contributed by atoms with Gasteiger partial charge in [-0.3, -0.25) is 4.79 Å². The fourth-order valence-electron chi connectivity index (χ4n) is 0.402. The molecule has 0 aromatic rings. The maximum atomic E-state index is 11.1. The molecule has 0 unspecified atom stereocenters. The molecule has 0 heterocycles. The van der Waals surface area contributed by atoms with Crippen LogP contribution in [0.15, 0.2) is 11.8 Å². The molecule has 70 valence electrons. The fraction of sp³-hybridized carbons (Fsp3) is 0.571. The number of hydrogen-bond acceptors (Lipinski definition) is 2. The predicted octanol–water partition coefficient (Wildman–Crippen LogP) is 2.42. The van der Waals surface area contributed by atoms with E-state index in [4.69, 9.17) is 40.5 Å². The van der Waals surface area contributed by atoms with Gasteiger partial charge < -0.3 is 5.73 Å². The Morgan fingerprint density at radius 3 is 2.08 bits per heavy atom. The first-order valence-electron chi connectivity index (χ1n) is 3.33. The van der Waals surface area contributed by atoms with Crippen LogP contribution in [0, 0.1) is 5.92 Å². The van der Waals surface area contributed by atoms with Crippen molar-refractivity contribution in [3.63, 3.8) is 0 Å². The molecule has 0 aliphatic heterocycles. The number of alkyl halides is 3. The molecule has 0 aromatic carbocycles. The zero-order valence-corrected chi connectivity index (χ0v) is 9.04. The van der Waals surface area contributed by atoms with E-state index < -0.39 is 3.79 Å². The first-order chi connectivity index (χ1) is 5.25. The minimum absolute atomic E-state index is 0.0498. The van der Waals surface area contributed by atoms with Crippen LogP contribution >= 0.6 is 34.8 Å². The standard InChI is InChI=1S/C7H10Cl3NO/c1-4(2)5(12)3-6(11)7(8,9)10/h3-4H,11H2,1-2H3/b6-3+. The van der Waals surface area contributed by atoms with Crippen LogP contribution in [-0.2, 0) is 4.79 Å². The molecular weight excluding hydrogens is 220 g/mol. The van der Waals surface area contributed by atoms with Crippen LogP contribution in [0.1, 0.15) is 13.8 Å². The highest BCUT2D eigenvalue weighted by Crippen LogP contribution is 2.31. The number of carbonyl (C=O) groups excluding carboxylic acids is 1. The SMILES string of the molecule is CC(C)C(=O)/C=C(/N)C(Cl)(Cl)Cl. The second kappa shape index (κ2) is 4.35. The van der Waals surface area contributed by atoms with Gasteiger partial charge in [-0.15, -0.1) is 0 Å². The summed E-state index contributed by atoms with van der Waals surface area (Å²) in [7, 11) is 0. The highest BCUT2D eigenvalue weighted by Gasteiger charge is 2.24. The molecule has 2 N–H and O–H groups in total. The summed E-state index contributed by atoms with van der Waals surface area (Å²) in [4.78, 5) is 11.1. The Morgan fingerprint density at radius 2 is 1.83 bits per heavy atom. The maximum Gasteiger partial charge on any atom is 0.230 e. The Morgan fingerprint density at radius 1 is 1.42 bits per heavy atom. The van der Waals surface area contributed by atoms with Gasteiger partial charge in [0.1, 0.15) is 0 Å². The monoisotopic (exact) mass is 229 g/mol. The summed E-state index contributed by atoms with van der Waals surface area (Å²) in [6, 6.07) is 0. The van der Waals surface area contributed by atoms with E-state index in [1.807, 2.05) is 0 Å². The van der Waals surface area contributed by atoms with Crippen molar-refractivity contribution >= 4 is 40.6 Å². The Balaban J connectivity index is 4.48. The van der Waals surface area contributed by atoms with E-state index in [0.29, 0.717) is 0 Å². The normalized spacial score (nSPS) is 13.7. The average Bonchev–Trinajstić information content (AvgIpc) is 1.85. The van der Waals surface area contributed by atoms with Crippen LogP contribution < -0.4 is 5.73 Å². The smallest absolute Gasteiger partial charge is 0.230 e. The third kappa shape index (κ3) is 4.19. The number of rotatable bonds is 2. The molecule has 0 saturated heterocycles. The van der Waals surface area contributed by atoms with E-state index in [-0.39, 0.29) is 17.4 Å². The third-order valence-corrected chi connectivity index (χ3v) is 1.85.